The maximum absolute atomic E-state index is 12.5. The zero-order chi connectivity index (χ0) is 19.3. The lowest BCUT2D eigenvalue weighted by molar-refractivity contribution is -0.116. The summed E-state index contributed by atoms with van der Waals surface area (Å²) >= 11 is 0. The molecule has 0 atom stereocenters. The number of anilines is 1. The van der Waals surface area contributed by atoms with E-state index in [1.807, 2.05) is 19.1 Å². The Morgan fingerprint density at radius 1 is 1.08 bits per heavy atom. The summed E-state index contributed by atoms with van der Waals surface area (Å²) in [5.74, 6) is -0.791. The van der Waals surface area contributed by atoms with Crippen molar-refractivity contribution in [2.45, 2.75) is 11.8 Å². The minimum Gasteiger partial charge on any atom is -0.332 e. The third kappa shape index (κ3) is 4.90. The Labute approximate surface area is 153 Å². The molecule has 2 amide bonds. The molecule has 0 saturated carbocycles. The van der Waals surface area contributed by atoms with Crippen LogP contribution < -0.4 is 10.0 Å². The summed E-state index contributed by atoms with van der Waals surface area (Å²) in [5.41, 5.74) is 1.90. The van der Waals surface area contributed by atoms with Crippen molar-refractivity contribution in [1.82, 2.24) is 9.62 Å². The number of amides is 2. The van der Waals surface area contributed by atoms with Gasteiger partial charge in [0.15, 0.2) is 0 Å². The van der Waals surface area contributed by atoms with Crippen LogP contribution in [0.5, 0.6) is 0 Å². The summed E-state index contributed by atoms with van der Waals surface area (Å²) < 4.78 is 25.9. The first-order valence-electron chi connectivity index (χ1n) is 7.88. The summed E-state index contributed by atoms with van der Waals surface area (Å²) in [6, 6.07) is 13.0. The number of hydrogen-bond donors (Lipinski definition) is 2. The molecule has 0 spiro atoms. The Kier molecular flexibility index (Phi) is 6.12. The summed E-state index contributed by atoms with van der Waals surface area (Å²) in [6.07, 6.45) is 0. The molecule has 2 aromatic rings. The Balaban J connectivity index is 2.06. The smallest absolute Gasteiger partial charge is 0.254 e. The van der Waals surface area contributed by atoms with Crippen LogP contribution in [0.15, 0.2) is 53.4 Å². The van der Waals surface area contributed by atoms with E-state index in [2.05, 4.69) is 10.0 Å². The number of benzene rings is 2. The first-order chi connectivity index (χ1) is 12.2. The second kappa shape index (κ2) is 8.11. The molecule has 138 valence electrons. The highest BCUT2D eigenvalue weighted by atomic mass is 32.2. The molecule has 0 radical (unpaired) electrons. The fourth-order valence-electron chi connectivity index (χ4n) is 2.26. The van der Waals surface area contributed by atoms with Gasteiger partial charge in [0, 0.05) is 18.3 Å². The third-order valence-electron chi connectivity index (χ3n) is 3.72. The first-order valence-corrected chi connectivity index (χ1v) is 9.37. The van der Waals surface area contributed by atoms with Gasteiger partial charge < -0.3 is 10.2 Å². The van der Waals surface area contributed by atoms with Gasteiger partial charge in [0.1, 0.15) is 0 Å². The topological polar surface area (TPSA) is 95.6 Å². The summed E-state index contributed by atoms with van der Waals surface area (Å²) in [4.78, 5) is 25.8. The minimum absolute atomic E-state index is 0.0108. The van der Waals surface area contributed by atoms with Gasteiger partial charge in [0.25, 0.3) is 5.91 Å². The zero-order valence-corrected chi connectivity index (χ0v) is 15.6. The molecule has 0 aliphatic carbocycles. The van der Waals surface area contributed by atoms with Crippen LogP contribution in [0, 0.1) is 6.92 Å². The van der Waals surface area contributed by atoms with E-state index in [1.54, 1.807) is 12.1 Å². The molecule has 0 fully saturated rings. The average molecular weight is 375 g/mol. The van der Waals surface area contributed by atoms with Gasteiger partial charge in [-0.2, -0.15) is 0 Å². The molecule has 26 heavy (non-hydrogen) atoms. The van der Waals surface area contributed by atoms with Crippen LogP contribution in [-0.2, 0) is 14.8 Å². The van der Waals surface area contributed by atoms with Crippen LogP contribution in [0.4, 0.5) is 5.69 Å². The zero-order valence-electron chi connectivity index (χ0n) is 14.8. The Bertz CT molecular complexity index is 908. The van der Waals surface area contributed by atoms with Gasteiger partial charge in [-0.3, -0.25) is 9.59 Å². The number of likely N-dealkylation sites (N-methyl/N-ethyl adjacent to an activating group) is 1. The second-order valence-electron chi connectivity index (χ2n) is 5.81. The standard InChI is InChI=1S/C18H21N3O4S/c1-13-7-9-15(10-8-13)20-17(22)12-21(3)18(23)14-5-4-6-16(11-14)26(24,25)19-2/h4-11,19H,12H2,1-3H3,(H,20,22). The molecular formula is C18H21N3O4S. The molecule has 0 aliphatic rings. The Morgan fingerprint density at radius 2 is 1.73 bits per heavy atom. The maximum atomic E-state index is 12.5. The summed E-state index contributed by atoms with van der Waals surface area (Å²) in [5, 5.41) is 2.71. The predicted octanol–water partition coefficient (Wildman–Crippen LogP) is 1.61. The quantitative estimate of drug-likeness (QED) is 0.802. The van der Waals surface area contributed by atoms with Gasteiger partial charge in [0.05, 0.1) is 11.4 Å². The first kappa shape index (κ1) is 19.6. The molecule has 0 saturated heterocycles. The van der Waals surface area contributed by atoms with Crippen LogP contribution >= 0.6 is 0 Å². The van der Waals surface area contributed by atoms with E-state index in [0.717, 1.165) is 5.56 Å². The van der Waals surface area contributed by atoms with Crippen molar-refractivity contribution in [3.63, 3.8) is 0 Å². The largest absolute Gasteiger partial charge is 0.332 e. The Hall–Kier alpha value is -2.71. The lowest BCUT2D eigenvalue weighted by Crippen LogP contribution is -2.35. The second-order valence-corrected chi connectivity index (χ2v) is 7.70. The molecule has 7 nitrogen and oxygen atoms in total. The third-order valence-corrected chi connectivity index (χ3v) is 5.13. The molecule has 0 bridgehead atoms. The highest BCUT2D eigenvalue weighted by Gasteiger charge is 2.18. The van der Waals surface area contributed by atoms with E-state index in [4.69, 9.17) is 0 Å². The van der Waals surface area contributed by atoms with Crippen molar-refractivity contribution in [3.05, 3.63) is 59.7 Å². The molecule has 0 unspecified atom stereocenters. The lowest BCUT2D eigenvalue weighted by atomic mass is 10.2. The van der Waals surface area contributed by atoms with Gasteiger partial charge in [-0.05, 0) is 44.3 Å². The normalized spacial score (nSPS) is 11.0. The fourth-order valence-corrected chi connectivity index (χ4v) is 3.03. The summed E-state index contributed by atoms with van der Waals surface area (Å²) in [7, 11) is -0.868. The van der Waals surface area contributed by atoms with Crippen molar-refractivity contribution < 1.29 is 18.0 Å². The average Bonchev–Trinajstić information content (AvgIpc) is 2.63. The number of nitrogens with zero attached hydrogens (tertiary/aromatic N) is 1. The van der Waals surface area contributed by atoms with E-state index in [9.17, 15) is 18.0 Å². The minimum atomic E-state index is -3.65. The van der Waals surface area contributed by atoms with Crippen LogP contribution in [0.3, 0.4) is 0 Å². The number of carbonyl (C=O) groups excluding carboxylic acids is 2. The van der Waals surface area contributed by atoms with Crippen molar-refractivity contribution in [1.29, 1.82) is 0 Å². The van der Waals surface area contributed by atoms with Gasteiger partial charge in [0.2, 0.25) is 15.9 Å². The van der Waals surface area contributed by atoms with Crippen molar-refractivity contribution >= 4 is 27.5 Å². The van der Waals surface area contributed by atoms with Crippen molar-refractivity contribution in [3.8, 4) is 0 Å². The molecule has 0 aromatic heterocycles. The monoisotopic (exact) mass is 375 g/mol. The lowest BCUT2D eigenvalue weighted by Gasteiger charge is -2.17. The van der Waals surface area contributed by atoms with Crippen LogP contribution in [0.2, 0.25) is 0 Å². The van der Waals surface area contributed by atoms with E-state index >= 15 is 0 Å². The van der Waals surface area contributed by atoms with Gasteiger partial charge >= 0.3 is 0 Å². The number of hydrogen-bond acceptors (Lipinski definition) is 4. The molecule has 8 heteroatoms. The van der Waals surface area contributed by atoms with Crippen molar-refractivity contribution in [2.75, 3.05) is 26.0 Å². The number of carbonyl (C=O) groups is 2. The van der Waals surface area contributed by atoms with Crippen LogP contribution in [0.1, 0.15) is 15.9 Å². The van der Waals surface area contributed by atoms with E-state index in [0.29, 0.717) is 5.69 Å². The summed E-state index contributed by atoms with van der Waals surface area (Å²) in [6.45, 7) is 1.79. The molecule has 2 aromatic carbocycles. The van der Waals surface area contributed by atoms with Crippen LogP contribution in [-0.4, -0.2) is 45.8 Å². The highest BCUT2D eigenvalue weighted by molar-refractivity contribution is 7.89. The SMILES string of the molecule is CNS(=O)(=O)c1cccc(C(=O)N(C)CC(=O)Nc2ccc(C)cc2)c1. The van der Waals surface area contributed by atoms with Gasteiger partial charge in [-0.1, -0.05) is 23.8 Å². The van der Waals surface area contributed by atoms with Gasteiger partial charge in [-0.15, -0.1) is 0 Å². The molecule has 0 aliphatic heterocycles. The Morgan fingerprint density at radius 3 is 2.35 bits per heavy atom. The van der Waals surface area contributed by atoms with Crippen LogP contribution in [0.25, 0.3) is 0 Å². The predicted molar refractivity (Wildman–Crippen MR) is 99.5 cm³/mol. The van der Waals surface area contributed by atoms with Gasteiger partial charge in [-0.25, -0.2) is 13.1 Å². The fraction of sp³-hybridized carbons (Fsp3) is 0.222. The number of rotatable bonds is 6. The molecule has 2 N–H and O–H groups in total. The van der Waals surface area contributed by atoms with E-state index in [-0.39, 0.29) is 22.9 Å². The molecule has 2 rings (SSSR count). The highest BCUT2D eigenvalue weighted by Crippen LogP contribution is 2.13. The number of aryl methyl sites for hydroxylation is 1. The number of sulfonamides is 1. The van der Waals surface area contributed by atoms with Crippen molar-refractivity contribution in [2.24, 2.45) is 0 Å². The molecular weight excluding hydrogens is 354 g/mol. The number of nitrogens with one attached hydrogen (secondary N) is 2. The maximum Gasteiger partial charge on any atom is 0.254 e. The van der Waals surface area contributed by atoms with E-state index in [1.165, 1.54) is 43.3 Å². The van der Waals surface area contributed by atoms with E-state index < -0.39 is 15.9 Å². The molecule has 0 heterocycles.